The Morgan fingerprint density at radius 3 is 2.00 bits per heavy atom. The van der Waals surface area contributed by atoms with Gasteiger partial charge in [0.2, 0.25) is 0 Å². The highest BCUT2D eigenvalue weighted by molar-refractivity contribution is 6.92. The highest BCUT2D eigenvalue weighted by Crippen LogP contribution is 2.46. The van der Waals surface area contributed by atoms with Gasteiger partial charge >= 0.3 is 6.36 Å². The average molecular weight is 489 g/mol. The summed E-state index contributed by atoms with van der Waals surface area (Å²) in [5.41, 5.74) is 1.16. The molecule has 1 saturated heterocycles. The molecule has 0 radical (unpaired) electrons. The van der Waals surface area contributed by atoms with Crippen LogP contribution in [0.25, 0.3) is 0 Å². The zero-order chi connectivity index (χ0) is 24.0. The zero-order valence-corrected chi connectivity index (χ0v) is 21.5. The van der Waals surface area contributed by atoms with E-state index in [9.17, 15) is 13.2 Å². The number of alkyl halides is 3. The first-order chi connectivity index (χ1) is 16.4. The van der Waals surface area contributed by atoms with Crippen LogP contribution in [-0.4, -0.2) is 14.4 Å². The molecular formula is C29H39F3OSi. The van der Waals surface area contributed by atoms with E-state index in [0.29, 0.717) is 5.92 Å². The van der Waals surface area contributed by atoms with E-state index < -0.39 is 14.4 Å². The van der Waals surface area contributed by atoms with Crippen molar-refractivity contribution in [3.8, 4) is 5.75 Å². The molecule has 0 amide bonds. The van der Waals surface area contributed by atoms with Crippen molar-refractivity contribution in [3.63, 3.8) is 0 Å². The van der Waals surface area contributed by atoms with Crippen LogP contribution in [0.4, 0.5) is 13.2 Å². The molecular weight excluding hydrogens is 449 g/mol. The van der Waals surface area contributed by atoms with Gasteiger partial charge in [-0.25, -0.2) is 0 Å². The molecule has 0 atom stereocenters. The quantitative estimate of drug-likeness (QED) is 0.266. The first-order valence-corrected chi connectivity index (χ1v) is 15.9. The Labute approximate surface area is 204 Å². The van der Waals surface area contributed by atoms with Crippen molar-refractivity contribution in [2.75, 3.05) is 0 Å². The number of hydrogen-bond donors (Lipinski definition) is 0. The van der Waals surface area contributed by atoms with E-state index in [2.05, 4.69) is 42.0 Å². The summed E-state index contributed by atoms with van der Waals surface area (Å²) >= 11 is 0. The lowest BCUT2D eigenvalue weighted by molar-refractivity contribution is -0.274. The summed E-state index contributed by atoms with van der Waals surface area (Å²) < 4.78 is 41.3. The van der Waals surface area contributed by atoms with Crippen LogP contribution in [0.2, 0.25) is 18.1 Å². The predicted octanol–water partition coefficient (Wildman–Crippen LogP) is 8.82. The number of ether oxygens (including phenoxy) is 1. The van der Waals surface area contributed by atoms with E-state index in [1.54, 1.807) is 5.19 Å². The van der Waals surface area contributed by atoms with Gasteiger partial charge < -0.3 is 4.74 Å². The Hall–Kier alpha value is -1.75. The molecule has 1 heterocycles. The first kappa shape index (κ1) is 25.3. The number of rotatable bonds is 8. The molecule has 0 bridgehead atoms. The minimum atomic E-state index is -4.63. The number of halogens is 3. The molecule has 0 N–H and O–H groups in total. The second-order valence-corrected chi connectivity index (χ2v) is 15.3. The normalized spacial score (nSPS) is 27.9. The summed E-state index contributed by atoms with van der Waals surface area (Å²) in [7, 11) is -1.38. The summed E-state index contributed by atoms with van der Waals surface area (Å²) in [5.74, 6) is 2.02. The van der Waals surface area contributed by atoms with Crippen LogP contribution >= 0.6 is 0 Å². The molecule has 1 aliphatic heterocycles. The number of unbranched alkanes of at least 4 members (excludes halogenated alkanes) is 2. The lowest BCUT2D eigenvalue weighted by Gasteiger charge is -2.43. The molecule has 0 unspecified atom stereocenters. The number of hydrogen-bond acceptors (Lipinski definition) is 1. The maximum Gasteiger partial charge on any atom is 0.573 e. The third kappa shape index (κ3) is 6.47. The van der Waals surface area contributed by atoms with Crippen molar-refractivity contribution in [1.29, 1.82) is 0 Å². The van der Waals surface area contributed by atoms with E-state index in [4.69, 9.17) is 0 Å². The van der Waals surface area contributed by atoms with Crippen molar-refractivity contribution >= 4 is 13.3 Å². The summed E-state index contributed by atoms with van der Waals surface area (Å²) in [6.07, 6.45) is 7.02. The molecule has 1 nitrogen and oxygen atoms in total. The van der Waals surface area contributed by atoms with Gasteiger partial charge in [-0.1, -0.05) is 105 Å². The molecule has 0 spiro atoms. The second-order valence-electron chi connectivity index (χ2n) is 10.7. The van der Waals surface area contributed by atoms with Gasteiger partial charge in [0.05, 0.1) is 8.07 Å². The summed E-state index contributed by atoms with van der Waals surface area (Å²) in [6, 6.07) is 22.4. The lowest BCUT2D eigenvalue weighted by Crippen LogP contribution is -2.50. The monoisotopic (exact) mass is 488 g/mol. The van der Waals surface area contributed by atoms with Crippen LogP contribution in [0.15, 0.2) is 54.6 Å². The third-order valence-corrected chi connectivity index (χ3v) is 14.0. The Bertz CT molecular complexity index is 864. The van der Waals surface area contributed by atoms with Crippen LogP contribution in [0.3, 0.4) is 0 Å². The lowest BCUT2D eigenvalue weighted by atomic mass is 9.72. The van der Waals surface area contributed by atoms with Gasteiger partial charge in [0, 0.05) is 0 Å². The van der Waals surface area contributed by atoms with Crippen molar-refractivity contribution < 1.29 is 17.9 Å². The maximum atomic E-state index is 12.4. The summed E-state index contributed by atoms with van der Waals surface area (Å²) in [5, 5.41) is 1.69. The Morgan fingerprint density at radius 1 is 0.794 bits per heavy atom. The molecule has 34 heavy (non-hydrogen) atoms. The molecule has 186 valence electrons. The van der Waals surface area contributed by atoms with E-state index in [-0.39, 0.29) is 5.75 Å². The van der Waals surface area contributed by atoms with Crippen LogP contribution < -0.4 is 9.92 Å². The SMILES string of the molecule is CCCCC[Si]1(c2ccccc2)CCC([C@H]2CC[C@H](c3ccc(OC(F)(F)F)cc3)CC2)CC1. The van der Waals surface area contributed by atoms with Crippen LogP contribution in [0.5, 0.6) is 5.75 Å². The zero-order valence-electron chi connectivity index (χ0n) is 20.5. The molecule has 1 aliphatic carbocycles. The maximum absolute atomic E-state index is 12.4. The predicted molar refractivity (Wildman–Crippen MR) is 136 cm³/mol. The molecule has 1 saturated carbocycles. The fraction of sp³-hybridized carbons (Fsp3) is 0.586. The summed E-state index contributed by atoms with van der Waals surface area (Å²) in [4.78, 5) is 0. The Kier molecular flexibility index (Phi) is 8.44. The molecule has 2 aliphatic rings. The fourth-order valence-corrected chi connectivity index (χ4v) is 12.0. The highest BCUT2D eigenvalue weighted by atomic mass is 28.3. The molecule has 2 aromatic rings. The van der Waals surface area contributed by atoms with Crippen molar-refractivity contribution in [1.82, 2.24) is 0 Å². The van der Waals surface area contributed by atoms with E-state index >= 15 is 0 Å². The topological polar surface area (TPSA) is 9.23 Å². The minimum absolute atomic E-state index is 0.128. The first-order valence-electron chi connectivity index (χ1n) is 13.3. The average Bonchev–Trinajstić information content (AvgIpc) is 2.85. The molecule has 4 rings (SSSR count). The second kappa shape index (κ2) is 11.3. The van der Waals surface area contributed by atoms with Crippen molar-refractivity contribution in [2.24, 2.45) is 11.8 Å². The smallest absolute Gasteiger partial charge is 0.406 e. The fourth-order valence-electron chi connectivity index (χ4n) is 6.72. The third-order valence-electron chi connectivity index (χ3n) is 8.66. The van der Waals surface area contributed by atoms with Crippen molar-refractivity contribution in [3.05, 3.63) is 60.2 Å². The van der Waals surface area contributed by atoms with Crippen molar-refractivity contribution in [2.45, 2.75) is 95.1 Å². The van der Waals surface area contributed by atoms with Gasteiger partial charge in [-0.05, 0) is 61.1 Å². The molecule has 2 fully saturated rings. The van der Waals surface area contributed by atoms with Gasteiger partial charge in [-0.3, -0.25) is 0 Å². The summed E-state index contributed by atoms with van der Waals surface area (Å²) in [6.45, 7) is 2.30. The standard InChI is InChI=1S/C29H39F3OSi/c1-2-3-7-20-34(28-8-5-4-6-9-28)21-18-26(19-22-34)24-12-10-23(11-13-24)25-14-16-27(17-15-25)33-29(30,31)32/h4-6,8-9,14-17,23-24,26H,2-3,7,10-13,18-22H2,1H3/t23-,24-,26?,34?. The van der Waals surface area contributed by atoms with Crippen LogP contribution in [-0.2, 0) is 0 Å². The largest absolute Gasteiger partial charge is 0.573 e. The van der Waals surface area contributed by atoms with E-state index in [0.717, 1.165) is 30.2 Å². The molecule has 0 aromatic heterocycles. The van der Waals surface area contributed by atoms with Gasteiger partial charge in [-0.15, -0.1) is 13.2 Å². The highest BCUT2D eigenvalue weighted by Gasteiger charge is 2.41. The Morgan fingerprint density at radius 2 is 1.41 bits per heavy atom. The molecule has 2 aromatic carbocycles. The van der Waals surface area contributed by atoms with Crippen LogP contribution in [0, 0.1) is 11.8 Å². The molecule has 5 heteroatoms. The van der Waals surface area contributed by atoms with E-state index in [1.807, 2.05) is 12.1 Å². The van der Waals surface area contributed by atoms with Gasteiger partial charge in [0.15, 0.2) is 0 Å². The van der Waals surface area contributed by atoms with Gasteiger partial charge in [-0.2, -0.15) is 0 Å². The minimum Gasteiger partial charge on any atom is -0.406 e. The number of benzene rings is 2. The van der Waals surface area contributed by atoms with E-state index in [1.165, 1.54) is 75.2 Å². The van der Waals surface area contributed by atoms with Gasteiger partial charge in [0.1, 0.15) is 5.75 Å². The Balaban J connectivity index is 1.31. The van der Waals surface area contributed by atoms with Gasteiger partial charge in [0.25, 0.3) is 0 Å². The van der Waals surface area contributed by atoms with Crippen LogP contribution in [0.1, 0.15) is 76.2 Å².